The number of piperidine rings is 1. The highest BCUT2D eigenvalue weighted by atomic mass is 35.5. The van der Waals surface area contributed by atoms with Crippen LogP contribution in [0.5, 0.6) is 0 Å². The molecule has 1 aromatic carbocycles. The Morgan fingerprint density at radius 2 is 2.30 bits per heavy atom. The fourth-order valence-corrected chi connectivity index (χ4v) is 2.66. The molecule has 1 aliphatic heterocycles. The standard InChI is InChI=1S/C14H19ClN2O3/c15-13-5-3-6-14(17(18)19)12(13)10-20-9-7-11-4-1-2-8-16-11/h3,5-6,11,16H,1-2,4,7-10H2. The lowest BCUT2D eigenvalue weighted by Crippen LogP contribution is -2.34. The Hall–Kier alpha value is -1.17. The zero-order valence-electron chi connectivity index (χ0n) is 11.3. The minimum absolute atomic E-state index is 0.0216. The first-order chi connectivity index (χ1) is 9.68. The molecule has 0 saturated carbocycles. The molecule has 1 aliphatic rings. The van der Waals surface area contributed by atoms with E-state index in [9.17, 15) is 10.1 Å². The van der Waals surface area contributed by atoms with E-state index in [-0.39, 0.29) is 12.3 Å². The average molecular weight is 299 g/mol. The van der Waals surface area contributed by atoms with Gasteiger partial charge in [0, 0.05) is 18.7 Å². The summed E-state index contributed by atoms with van der Waals surface area (Å²) in [7, 11) is 0. The second kappa shape index (κ2) is 7.57. The van der Waals surface area contributed by atoms with Crippen LogP contribution in [-0.4, -0.2) is 24.1 Å². The largest absolute Gasteiger partial charge is 0.376 e. The van der Waals surface area contributed by atoms with Crippen LogP contribution in [-0.2, 0) is 11.3 Å². The molecule has 110 valence electrons. The smallest absolute Gasteiger partial charge is 0.276 e. The minimum Gasteiger partial charge on any atom is -0.376 e. The lowest BCUT2D eigenvalue weighted by atomic mass is 10.0. The summed E-state index contributed by atoms with van der Waals surface area (Å²) in [6, 6.07) is 5.18. The molecule has 0 aromatic heterocycles. The lowest BCUT2D eigenvalue weighted by molar-refractivity contribution is -0.385. The van der Waals surface area contributed by atoms with Gasteiger partial charge < -0.3 is 10.1 Å². The van der Waals surface area contributed by atoms with E-state index in [2.05, 4.69) is 5.32 Å². The molecule has 1 heterocycles. The van der Waals surface area contributed by atoms with Crippen LogP contribution in [0.1, 0.15) is 31.2 Å². The summed E-state index contributed by atoms with van der Waals surface area (Å²) < 4.78 is 5.57. The Kier molecular flexibility index (Phi) is 5.76. The Bertz CT molecular complexity index is 462. The van der Waals surface area contributed by atoms with Crippen LogP contribution in [0.2, 0.25) is 5.02 Å². The minimum atomic E-state index is -0.423. The molecule has 1 atom stereocenters. The SMILES string of the molecule is O=[N+]([O-])c1cccc(Cl)c1COCCC1CCCCN1. The second-order valence-electron chi connectivity index (χ2n) is 4.98. The predicted octanol–water partition coefficient (Wildman–Crippen LogP) is 3.30. The number of benzene rings is 1. The van der Waals surface area contributed by atoms with Crippen LogP contribution in [0.25, 0.3) is 0 Å². The molecule has 0 bridgehead atoms. The van der Waals surface area contributed by atoms with Crippen LogP contribution >= 0.6 is 11.6 Å². The van der Waals surface area contributed by atoms with Crippen LogP contribution in [0.4, 0.5) is 5.69 Å². The van der Waals surface area contributed by atoms with E-state index in [0.717, 1.165) is 13.0 Å². The van der Waals surface area contributed by atoms with Crippen molar-refractivity contribution in [2.45, 2.75) is 38.3 Å². The fourth-order valence-electron chi connectivity index (χ4n) is 2.43. The first-order valence-electron chi connectivity index (χ1n) is 6.91. The molecule has 5 nitrogen and oxygen atoms in total. The van der Waals surface area contributed by atoms with Gasteiger partial charge >= 0.3 is 0 Å². The first kappa shape index (κ1) is 15.2. The van der Waals surface area contributed by atoms with Gasteiger partial charge in [0.05, 0.1) is 22.1 Å². The molecule has 1 fully saturated rings. The Morgan fingerprint density at radius 3 is 3.00 bits per heavy atom. The second-order valence-corrected chi connectivity index (χ2v) is 5.39. The molecule has 2 rings (SSSR count). The van der Waals surface area contributed by atoms with E-state index < -0.39 is 4.92 Å². The zero-order valence-corrected chi connectivity index (χ0v) is 12.1. The monoisotopic (exact) mass is 298 g/mol. The summed E-state index contributed by atoms with van der Waals surface area (Å²) in [5.41, 5.74) is 0.476. The maximum absolute atomic E-state index is 10.9. The normalized spacial score (nSPS) is 18.9. The van der Waals surface area contributed by atoms with Crippen molar-refractivity contribution in [2.24, 2.45) is 0 Å². The summed E-state index contributed by atoms with van der Waals surface area (Å²) in [5, 5.41) is 14.8. The third-order valence-electron chi connectivity index (χ3n) is 3.56. The van der Waals surface area contributed by atoms with Gasteiger partial charge in [-0.1, -0.05) is 24.1 Å². The zero-order chi connectivity index (χ0) is 14.4. The van der Waals surface area contributed by atoms with Gasteiger partial charge in [-0.25, -0.2) is 0 Å². The number of nitro benzene ring substituents is 1. The number of halogens is 1. The highest BCUT2D eigenvalue weighted by Gasteiger charge is 2.17. The molecule has 1 aromatic rings. The maximum atomic E-state index is 10.9. The van der Waals surface area contributed by atoms with Crippen LogP contribution in [0, 0.1) is 10.1 Å². The van der Waals surface area contributed by atoms with Crippen molar-refractivity contribution in [3.63, 3.8) is 0 Å². The Balaban J connectivity index is 1.83. The van der Waals surface area contributed by atoms with Gasteiger partial charge in [0.2, 0.25) is 0 Å². The van der Waals surface area contributed by atoms with E-state index in [1.54, 1.807) is 12.1 Å². The third-order valence-corrected chi connectivity index (χ3v) is 3.91. The average Bonchev–Trinajstić information content (AvgIpc) is 2.45. The molecule has 6 heteroatoms. The van der Waals surface area contributed by atoms with Crippen molar-refractivity contribution in [1.82, 2.24) is 5.32 Å². The molecule has 0 aliphatic carbocycles. The number of rotatable bonds is 6. The molecule has 1 unspecified atom stereocenters. The van der Waals surface area contributed by atoms with E-state index in [4.69, 9.17) is 16.3 Å². The van der Waals surface area contributed by atoms with Crippen LogP contribution in [0.15, 0.2) is 18.2 Å². The highest BCUT2D eigenvalue weighted by Crippen LogP contribution is 2.26. The summed E-state index contributed by atoms with van der Waals surface area (Å²) >= 11 is 6.00. The van der Waals surface area contributed by atoms with Gasteiger partial charge in [0.15, 0.2) is 0 Å². The number of nitrogens with one attached hydrogen (secondary N) is 1. The summed E-state index contributed by atoms with van der Waals surface area (Å²) in [4.78, 5) is 10.5. The Labute approximate surface area is 123 Å². The topological polar surface area (TPSA) is 64.4 Å². The van der Waals surface area contributed by atoms with Crippen molar-refractivity contribution in [2.75, 3.05) is 13.2 Å². The molecular formula is C14H19ClN2O3. The highest BCUT2D eigenvalue weighted by molar-refractivity contribution is 6.31. The van der Waals surface area contributed by atoms with Crippen LogP contribution in [0.3, 0.4) is 0 Å². The summed E-state index contributed by atoms with van der Waals surface area (Å²) in [6.07, 6.45) is 4.60. The van der Waals surface area contributed by atoms with Crippen molar-refractivity contribution in [3.8, 4) is 0 Å². The number of nitrogens with zero attached hydrogens (tertiary/aromatic N) is 1. The van der Waals surface area contributed by atoms with Crippen molar-refractivity contribution >= 4 is 17.3 Å². The van der Waals surface area contributed by atoms with Gasteiger partial charge in [0.25, 0.3) is 5.69 Å². The molecule has 0 amide bonds. The van der Waals surface area contributed by atoms with Gasteiger partial charge in [-0.3, -0.25) is 10.1 Å². The van der Waals surface area contributed by atoms with Gasteiger partial charge in [-0.05, 0) is 31.9 Å². The Morgan fingerprint density at radius 1 is 1.45 bits per heavy atom. The molecule has 0 spiro atoms. The first-order valence-corrected chi connectivity index (χ1v) is 7.29. The third kappa shape index (κ3) is 4.16. The van der Waals surface area contributed by atoms with Crippen LogP contribution < -0.4 is 5.32 Å². The van der Waals surface area contributed by atoms with Crippen molar-refractivity contribution in [1.29, 1.82) is 0 Å². The van der Waals surface area contributed by atoms with Crippen molar-refractivity contribution in [3.05, 3.63) is 38.9 Å². The van der Waals surface area contributed by atoms with Crippen molar-refractivity contribution < 1.29 is 9.66 Å². The van der Waals surface area contributed by atoms with Gasteiger partial charge in [-0.2, -0.15) is 0 Å². The lowest BCUT2D eigenvalue weighted by Gasteiger charge is -2.23. The van der Waals surface area contributed by atoms with Gasteiger partial charge in [0.1, 0.15) is 0 Å². The van der Waals surface area contributed by atoms with Gasteiger partial charge in [-0.15, -0.1) is 0 Å². The van der Waals surface area contributed by atoms with E-state index >= 15 is 0 Å². The summed E-state index contributed by atoms with van der Waals surface area (Å²) in [6.45, 7) is 1.84. The maximum Gasteiger partial charge on any atom is 0.276 e. The fraction of sp³-hybridized carbons (Fsp3) is 0.571. The molecule has 1 N–H and O–H groups in total. The molecule has 0 radical (unpaired) electrons. The molecule has 1 saturated heterocycles. The number of ether oxygens (including phenoxy) is 1. The number of nitro groups is 1. The van der Waals surface area contributed by atoms with E-state index in [0.29, 0.717) is 23.2 Å². The predicted molar refractivity (Wildman–Crippen MR) is 78.0 cm³/mol. The van der Waals surface area contributed by atoms with E-state index in [1.165, 1.54) is 25.3 Å². The number of hydrogen-bond donors (Lipinski definition) is 1. The molecule has 20 heavy (non-hydrogen) atoms. The summed E-state index contributed by atoms with van der Waals surface area (Å²) in [5.74, 6) is 0. The number of hydrogen-bond acceptors (Lipinski definition) is 4. The quantitative estimate of drug-likeness (QED) is 0.497. The molecular weight excluding hydrogens is 280 g/mol. The van der Waals surface area contributed by atoms with E-state index in [1.807, 2.05) is 0 Å².